The Morgan fingerprint density at radius 2 is 1.68 bits per heavy atom. The van der Waals surface area contributed by atoms with Crippen LogP contribution in [0.15, 0.2) is 48.5 Å². The maximum atomic E-state index is 12.8. The highest BCUT2D eigenvalue weighted by Crippen LogP contribution is 2.26. The first-order chi connectivity index (χ1) is 15.2. The molecule has 2 aliphatic heterocycles. The summed E-state index contributed by atoms with van der Waals surface area (Å²) in [5.41, 5.74) is 2.66. The number of nitrogens with one attached hydrogen (secondary N) is 1. The first kappa shape index (κ1) is 21.4. The maximum absolute atomic E-state index is 12.8. The molecule has 6 heteroatoms. The van der Waals surface area contributed by atoms with Crippen molar-refractivity contribution in [2.75, 3.05) is 38.2 Å². The number of rotatable bonds is 7. The minimum absolute atomic E-state index is 0.0881. The van der Waals surface area contributed by atoms with Crippen LogP contribution in [0.2, 0.25) is 0 Å². The molecule has 2 heterocycles. The first-order valence-electron chi connectivity index (χ1n) is 11.2. The summed E-state index contributed by atoms with van der Waals surface area (Å²) in [5, 5.41) is 3.13. The van der Waals surface area contributed by atoms with Gasteiger partial charge >= 0.3 is 0 Å². The molecule has 164 valence electrons. The van der Waals surface area contributed by atoms with Crippen LogP contribution in [-0.2, 0) is 4.79 Å². The summed E-state index contributed by atoms with van der Waals surface area (Å²) in [6.07, 6.45) is 5.15. The van der Waals surface area contributed by atoms with Gasteiger partial charge in [-0.2, -0.15) is 0 Å². The van der Waals surface area contributed by atoms with Gasteiger partial charge in [0.1, 0.15) is 5.75 Å². The van der Waals surface area contributed by atoms with Crippen molar-refractivity contribution in [3.8, 4) is 5.75 Å². The predicted molar refractivity (Wildman–Crippen MR) is 122 cm³/mol. The van der Waals surface area contributed by atoms with E-state index in [-0.39, 0.29) is 17.9 Å². The Kier molecular flexibility index (Phi) is 6.87. The third-order valence-corrected chi connectivity index (χ3v) is 6.30. The summed E-state index contributed by atoms with van der Waals surface area (Å²) >= 11 is 0. The third-order valence-electron chi connectivity index (χ3n) is 6.30. The number of hydrogen-bond acceptors (Lipinski definition) is 4. The summed E-state index contributed by atoms with van der Waals surface area (Å²) in [4.78, 5) is 29.0. The first-order valence-corrected chi connectivity index (χ1v) is 11.2. The van der Waals surface area contributed by atoms with Gasteiger partial charge < -0.3 is 15.0 Å². The Bertz CT molecular complexity index is 889. The molecule has 2 aromatic rings. The van der Waals surface area contributed by atoms with E-state index in [4.69, 9.17) is 4.74 Å². The standard InChI is InChI=1S/C25H31N3O3/c1-31-22-13-9-19(10-14-22)23(27-15-3-2-4-16-27)18-26-25(30)20-7-11-21(12-8-20)28-17-5-6-24(28)29/h7-14,23H,2-6,15-18H2,1H3,(H,26,30)/t23-/m1/s1. The highest BCUT2D eigenvalue weighted by molar-refractivity contribution is 5.97. The van der Waals surface area contributed by atoms with Gasteiger partial charge in [0.05, 0.1) is 13.2 Å². The zero-order chi connectivity index (χ0) is 21.6. The van der Waals surface area contributed by atoms with E-state index in [1.165, 1.54) is 24.8 Å². The molecule has 2 aromatic carbocycles. The van der Waals surface area contributed by atoms with Gasteiger partial charge in [-0.05, 0) is 74.3 Å². The summed E-state index contributed by atoms with van der Waals surface area (Å²) in [6.45, 7) is 3.40. The lowest BCUT2D eigenvalue weighted by molar-refractivity contribution is -0.117. The number of benzene rings is 2. The molecule has 2 fully saturated rings. The fourth-order valence-electron chi connectivity index (χ4n) is 4.52. The molecule has 1 atom stereocenters. The van der Waals surface area contributed by atoms with Gasteiger partial charge in [-0.25, -0.2) is 0 Å². The molecule has 0 saturated carbocycles. The summed E-state index contributed by atoms with van der Waals surface area (Å²) in [5.74, 6) is 0.901. The van der Waals surface area contributed by atoms with Crippen molar-refractivity contribution in [1.82, 2.24) is 10.2 Å². The Morgan fingerprint density at radius 1 is 0.968 bits per heavy atom. The average molecular weight is 422 g/mol. The second-order valence-corrected chi connectivity index (χ2v) is 8.29. The molecule has 0 radical (unpaired) electrons. The number of carbonyl (C=O) groups is 2. The van der Waals surface area contributed by atoms with E-state index in [2.05, 4.69) is 22.3 Å². The quantitative estimate of drug-likeness (QED) is 0.739. The number of hydrogen-bond donors (Lipinski definition) is 1. The molecule has 0 aromatic heterocycles. The molecule has 2 amide bonds. The van der Waals surface area contributed by atoms with Gasteiger partial charge in [0, 0.05) is 30.8 Å². The Labute approximate surface area is 184 Å². The number of nitrogens with zero attached hydrogens (tertiary/aromatic N) is 2. The number of likely N-dealkylation sites (tertiary alicyclic amines) is 1. The van der Waals surface area contributed by atoms with Crippen LogP contribution >= 0.6 is 0 Å². The zero-order valence-electron chi connectivity index (χ0n) is 18.2. The SMILES string of the molecule is COc1ccc([C@@H](CNC(=O)c2ccc(N3CCCC3=O)cc2)N2CCCCC2)cc1. The highest BCUT2D eigenvalue weighted by atomic mass is 16.5. The molecular weight excluding hydrogens is 390 g/mol. The molecule has 0 aliphatic carbocycles. The van der Waals surface area contributed by atoms with Crippen molar-refractivity contribution in [3.63, 3.8) is 0 Å². The van der Waals surface area contributed by atoms with E-state index in [1.807, 2.05) is 24.3 Å². The van der Waals surface area contributed by atoms with Crippen LogP contribution < -0.4 is 15.0 Å². The molecule has 0 bridgehead atoms. The van der Waals surface area contributed by atoms with Crippen LogP contribution in [0.25, 0.3) is 0 Å². The molecule has 2 saturated heterocycles. The van der Waals surface area contributed by atoms with Crippen molar-refractivity contribution in [2.24, 2.45) is 0 Å². The van der Waals surface area contributed by atoms with Gasteiger partial charge in [-0.1, -0.05) is 18.6 Å². The number of carbonyl (C=O) groups excluding carboxylic acids is 2. The van der Waals surface area contributed by atoms with Gasteiger partial charge in [0.15, 0.2) is 0 Å². The van der Waals surface area contributed by atoms with E-state index in [0.717, 1.165) is 37.5 Å². The highest BCUT2D eigenvalue weighted by Gasteiger charge is 2.24. The smallest absolute Gasteiger partial charge is 0.251 e. The number of methoxy groups -OCH3 is 1. The predicted octanol–water partition coefficient (Wildman–Crippen LogP) is 3.78. The second-order valence-electron chi connectivity index (χ2n) is 8.29. The topological polar surface area (TPSA) is 61.9 Å². The summed E-state index contributed by atoms with van der Waals surface area (Å²) in [6, 6.07) is 15.6. The molecule has 0 unspecified atom stereocenters. The van der Waals surface area contributed by atoms with Crippen molar-refractivity contribution in [3.05, 3.63) is 59.7 Å². The van der Waals surface area contributed by atoms with E-state index in [0.29, 0.717) is 18.5 Å². The Balaban J connectivity index is 1.43. The van der Waals surface area contributed by atoms with Crippen LogP contribution in [0.1, 0.15) is 54.1 Å². The van der Waals surface area contributed by atoms with Crippen LogP contribution in [0.3, 0.4) is 0 Å². The van der Waals surface area contributed by atoms with Crippen LogP contribution in [0, 0.1) is 0 Å². The van der Waals surface area contributed by atoms with Crippen molar-refractivity contribution in [1.29, 1.82) is 0 Å². The van der Waals surface area contributed by atoms with Gasteiger partial charge in [0.25, 0.3) is 5.91 Å². The van der Waals surface area contributed by atoms with Crippen molar-refractivity contribution in [2.45, 2.75) is 38.1 Å². The summed E-state index contributed by atoms with van der Waals surface area (Å²) in [7, 11) is 1.67. The van der Waals surface area contributed by atoms with E-state index < -0.39 is 0 Å². The fraction of sp³-hybridized carbons (Fsp3) is 0.440. The lowest BCUT2D eigenvalue weighted by Crippen LogP contribution is -2.40. The lowest BCUT2D eigenvalue weighted by atomic mass is 10.0. The molecule has 6 nitrogen and oxygen atoms in total. The second kappa shape index (κ2) is 9.96. The lowest BCUT2D eigenvalue weighted by Gasteiger charge is -2.35. The third kappa shape index (κ3) is 5.07. The number of piperidine rings is 1. The van der Waals surface area contributed by atoms with E-state index in [1.54, 1.807) is 24.1 Å². The molecule has 2 aliphatic rings. The van der Waals surface area contributed by atoms with Gasteiger partial charge in [-0.15, -0.1) is 0 Å². The monoisotopic (exact) mass is 421 g/mol. The number of amides is 2. The molecule has 31 heavy (non-hydrogen) atoms. The van der Waals surface area contributed by atoms with Crippen LogP contribution in [0.4, 0.5) is 5.69 Å². The van der Waals surface area contributed by atoms with Crippen LogP contribution in [-0.4, -0.2) is 50.0 Å². The van der Waals surface area contributed by atoms with Gasteiger partial charge in [-0.3, -0.25) is 14.5 Å². The Hall–Kier alpha value is -2.86. The minimum Gasteiger partial charge on any atom is -0.497 e. The minimum atomic E-state index is -0.0881. The molecule has 1 N–H and O–H groups in total. The number of ether oxygens (including phenoxy) is 1. The van der Waals surface area contributed by atoms with E-state index in [9.17, 15) is 9.59 Å². The largest absolute Gasteiger partial charge is 0.497 e. The Morgan fingerprint density at radius 3 is 2.29 bits per heavy atom. The molecule has 0 spiro atoms. The van der Waals surface area contributed by atoms with E-state index >= 15 is 0 Å². The normalized spacial score (nSPS) is 18.1. The molecular formula is C25H31N3O3. The number of anilines is 1. The molecule has 4 rings (SSSR count). The van der Waals surface area contributed by atoms with Crippen molar-refractivity contribution >= 4 is 17.5 Å². The van der Waals surface area contributed by atoms with Crippen LogP contribution in [0.5, 0.6) is 5.75 Å². The summed E-state index contributed by atoms with van der Waals surface area (Å²) < 4.78 is 5.30. The average Bonchev–Trinajstić information content (AvgIpc) is 3.26. The zero-order valence-corrected chi connectivity index (χ0v) is 18.2. The fourth-order valence-corrected chi connectivity index (χ4v) is 4.52. The maximum Gasteiger partial charge on any atom is 0.251 e. The van der Waals surface area contributed by atoms with Gasteiger partial charge in [0.2, 0.25) is 5.91 Å². The van der Waals surface area contributed by atoms with Crippen molar-refractivity contribution < 1.29 is 14.3 Å².